The Morgan fingerprint density at radius 1 is 1.12 bits per heavy atom. The van der Waals surface area contributed by atoms with E-state index in [4.69, 9.17) is 5.14 Å². The molecule has 0 spiro atoms. The number of hydrogen-bond donors (Lipinski definition) is 1. The van der Waals surface area contributed by atoms with E-state index in [2.05, 4.69) is 0 Å². The Bertz CT molecular complexity index is 910. The van der Waals surface area contributed by atoms with Crippen molar-refractivity contribution in [2.24, 2.45) is 5.14 Å². The molecule has 9 heteroatoms. The number of benzene rings is 2. The first-order chi connectivity index (χ1) is 11.9. The highest BCUT2D eigenvalue weighted by molar-refractivity contribution is 7.89. The van der Waals surface area contributed by atoms with Crippen LogP contribution in [0.3, 0.4) is 0 Å². The van der Waals surface area contributed by atoms with Crippen LogP contribution < -0.4 is 5.14 Å². The van der Waals surface area contributed by atoms with Gasteiger partial charge in [-0.25, -0.2) is 13.6 Å². The van der Waals surface area contributed by atoms with Crippen molar-refractivity contribution in [3.05, 3.63) is 65.2 Å². The highest BCUT2D eigenvalue weighted by Crippen LogP contribution is 2.30. The van der Waals surface area contributed by atoms with Crippen LogP contribution in [0.4, 0.5) is 13.2 Å². The van der Waals surface area contributed by atoms with Gasteiger partial charge in [0.15, 0.2) is 0 Å². The maximum Gasteiger partial charge on any atom is 0.416 e. The van der Waals surface area contributed by atoms with Crippen molar-refractivity contribution in [2.75, 3.05) is 7.05 Å². The summed E-state index contributed by atoms with van der Waals surface area (Å²) in [6, 6.07) is 9.31. The summed E-state index contributed by atoms with van der Waals surface area (Å²) in [6.07, 6.45) is -4.54. The first kappa shape index (κ1) is 19.9. The quantitative estimate of drug-likeness (QED) is 0.876. The van der Waals surface area contributed by atoms with Crippen LogP contribution in [0.25, 0.3) is 0 Å². The lowest BCUT2D eigenvalue weighted by Gasteiger charge is -2.26. The molecular formula is C17H17F3N2O3S. The largest absolute Gasteiger partial charge is 0.416 e. The average molecular weight is 386 g/mol. The SMILES string of the molecule is CC(c1ccc(S(N)(=O)=O)cc1)N(C)C(=O)c1cccc(C(F)(F)F)c1. The first-order valence-corrected chi connectivity index (χ1v) is 9.03. The standard InChI is InChI=1S/C17H17F3N2O3S/c1-11(12-6-8-15(9-7-12)26(21,24)25)22(2)16(23)13-4-3-5-14(10-13)17(18,19)20/h3-11H,1-2H3,(H2,21,24,25). The second-order valence-corrected chi connectivity index (χ2v) is 7.35. The number of alkyl halides is 3. The minimum absolute atomic E-state index is 0.0692. The Morgan fingerprint density at radius 2 is 1.69 bits per heavy atom. The maximum atomic E-state index is 12.8. The summed E-state index contributed by atoms with van der Waals surface area (Å²) in [4.78, 5) is 13.7. The van der Waals surface area contributed by atoms with Crippen LogP contribution in [0.2, 0.25) is 0 Å². The van der Waals surface area contributed by atoms with Gasteiger partial charge in [-0.1, -0.05) is 18.2 Å². The molecule has 2 N–H and O–H groups in total. The summed E-state index contributed by atoms with van der Waals surface area (Å²) in [5, 5.41) is 5.03. The number of nitrogens with zero attached hydrogens (tertiary/aromatic N) is 1. The molecule has 2 aromatic carbocycles. The fraction of sp³-hybridized carbons (Fsp3) is 0.235. The lowest BCUT2D eigenvalue weighted by Crippen LogP contribution is -2.30. The molecule has 1 amide bonds. The molecule has 0 aliphatic rings. The summed E-state index contributed by atoms with van der Waals surface area (Å²) < 4.78 is 61.0. The Labute approximate surface area is 149 Å². The third kappa shape index (κ3) is 4.41. The Balaban J connectivity index is 2.25. The van der Waals surface area contributed by atoms with E-state index in [0.29, 0.717) is 5.56 Å². The first-order valence-electron chi connectivity index (χ1n) is 7.48. The van der Waals surface area contributed by atoms with Crippen molar-refractivity contribution in [1.29, 1.82) is 0 Å². The van der Waals surface area contributed by atoms with Gasteiger partial charge in [-0.05, 0) is 42.8 Å². The lowest BCUT2D eigenvalue weighted by atomic mass is 10.1. The minimum Gasteiger partial charge on any atom is -0.335 e. The van der Waals surface area contributed by atoms with Gasteiger partial charge in [-0.15, -0.1) is 0 Å². The number of carbonyl (C=O) groups is 1. The number of carbonyl (C=O) groups excluding carboxylic acids is 1. The van der Waals surface area contributed by atoms with Gasteiger partial charge < -0.3 is 4.90 Å². The summed E-state index contributed by atoms with van der Waals surface area (Å²) in [5.74, 6) is -0.584. The zero-order valence-electron chi connectivity index (χ0n) is 14.0. The van der Waals surface area contributed by atoms with Crippen LogP contribution in [0.5, 0.6) is 0 Å². The molecule has 1 atom stereocenters. The maximum absolute atomic E-state index is 12.8. The lowest BCUT2D eigenvalue weighted by molar-refractivity contribution is -0.137. The highest BCUT2D eigenvalue weighted by atomic mass is 32.2. The van der Waals surface area contributed by atoms with Crippen LogP contribution in [0.15, 0.2) is 53.4 Å². The molecule has 0 radical (unpaired) electrons. The third-order valence-corrected chi connectivity index (χ3v) is 4.96. The number of sulfonamides is 1. The van der Waals surface area contributed by atoms with E-state index in [9.17, 15) is 26.4 Å². The van der Waals surface area contributed by atoms with Crippen LogP contribution >= 0.6 is 0 Å². The van der Waals surface area contributed by atoms with Gasteiger partial charge >= 0.3 is 6.18 Å². The van der Waals surface area contributed by atoms with Gasteiger partial charge in [0.2, 0.25) is 10.0 Å². The van der Waals surface area contributed by atoms with Crippen LogP contribution in [-0.2, 0) is 16.2 Å². The van der Waals surface area contributed by atoms with E-state index in [-0.39, 0.29) is 10.5 Å². The number of amides is 1. The number of rotatable bonds is 4. The molecule has 0 saturated heterocycles. The topological polar surface area (TPSA) is 80.5 Å². The van der Waals surface area contributed by atoms with Crippen molar-refractivity contribution in [3.63, 3.8) is 0 Å². The van der Waals surface area contributed by atoms with E-state index >= 15 is 0 Å². The molecule has 5 nitrogen and oxygen atoms in total. The predicted molar refractivity (Wildman–Crippen MR) is 89.8 cm³/mol. The molecule has 0 heterocycles. The van der Waals surface area contributed by atoms with Crippen LogP contribution in [0, 0.1) is 0 Å². The zero-order chi connectivity index (χ0) is 19.7. The number of primary sulfonamides is 1. The molecule has 0 aliphatic heterocycles. The molecule has 140 valence electrons. The predicted octanol–water partition coefficient (Wildman–Crippen LogP) is 3.19. The average Bonchev–Trinajstić information content (AvgIpc) is 2.58. The highest BCUT2D eigenvalue weighted by Gasteiger charge is 2.31. The second kappa shape index (κ2) is 7.08. The Hall–Kier alpha value is -2.39. The van der Waals surface area contributed by atoms with Gasteiger partial charge in [-0.2, -0.15) is 13.2 Å². The number of hydrogen-bond acceptors (Lipinski definition) is 3. The van der Waals surface area contributed by atoms with Gasteiger partial charge in [-0.3, -0.25) is 4.79 Å². The van der Waals surface area contributed by atoms with Crippen molar-refractivity contribution in [1.82, 2.24) is 4.90 Å². The molecule has 0 aromatic heterocycles. The summed E-state index contributed by atoms with van der Waals surface area (Å²) >= 11 is 0. The summed E-state index contributed by atoms with van der Waals surface area (Å²) in [6.45, 7) is 1.68. The monoisotopic (exact) mass is 386 g/mol. The molecule has 0 aliphatic carbocycles. The Kier molecular flexibility index (Phi) is 5.43. The molecule has 26 heavy (non-hydrogen) atoms. The van der Waals surface area contributed by atoms with E-state index in [0.717, 1.165) is 12.1 Å². The molecule has 0 bridgehead atoms. The van der Waals surface area contributed by atoms with E-state index < -0.39 is 33.7 Å². The second-order valence-electron chi connectivity index (χ2n) is 5.78. The number of nitrogens with two attached hydrogens (primary N) is 1. The van der Waals surface area contributed by atoms with Crippen molar-refractivity contribution >= 4 is 15.9 Å². The van der Waals surface area contributed by atoms with Gasteiger partial charge in [0.1, 0.15) is 0 Å². The molecule has 1 unspecified atom stereocenters. The fourth-order valence-corrected chi connectivity index (χ4v) is 2.88. The third-order valence-electron chi connectivity index (χ3n) is 4.03. The molecule has 0 fully saturated rings. The molecule has 2 aromatic rings. The van der Waals surface area contributed by atoms with Crippen LogP contribution in [0.1, 0.15) is 34.5 Å². The normalized spacial score (nSPS) is 13.3. The zero-order valence-corrected chi connectivity index (χ0v) is 14.8. The summed E-state index contributed by atoms with van der Waals surface area (Å²) in [7, 11) is -2.37. The smallest absolute Gasteiger partial charge is 0.335 e. The molecular weight excluding hydrogens is 369 g/mol. The fourth-order valence-electron chi connectivity index (χ4n) is 2.37. The van der Waals surface area contributed by atoms with Crippen LogP contribution in [-0.4, -0.2) is 26.3 Å². The van der Waals surface area contributed by atoms with Gasteiger partial charge in [0.05, 0.1) is 16.5 Å². The summed E-state index contributed by atoms with van der Waals surface area (Å²) in [5.41, 5.74) is -0.377. The van der Waals surface area contributed by atoms with Gasteiger partial charge in [0.25, 0.3) is 5.91 Å². The van der Waals surface area contributed by atoms with E-state index in [1.165, 1.54) is 48.3 Å². The molecule has 2 rings (SSSR count). The minimum atomic E-state index is -4.54. The van der Waals surface area contributed by atoms with Crippen molar-refractivity contribution in [3.8, 4) is 0 Å². The van der Waals surface area contributed by atoms with E-state index in [1.54, 1.807) is 6.92 Å². The molecule has 0 saturated carbocycles. The van der Waals surface area contributed by atoms with E-state index in [1.807, 2.05) is 0 Å². The van der Waals surface area contributed by atoms with Gasteiger partial charge in [0, 0.05) is 12.6 Å². The van der Waals surface area contributed by atoms with Crippen molar-refractivity contribution < 1.29 is 26.4 Å². The number of halogens is 3. The Morgan fingerprint density at radius 3 is 2.19 bits per heavy atom. The van der Waals surface area contributed by atoms with Crippen molar-refractivity contribution in [2.45, 2.75) is 24.0 Å².